The van der Waals surface area contributed by atoms with Crippen molar-refractivity contribution in [1.29, 1.82) is 0 Å². The lowest BCUT2D eigenvalue weighted by atomic mass is 10.1. The third kappa shape index (κ3) is 3.88. The number of aryl methyl sites for hydroxylation is 1. The Hall–Kier alpha value is -1.89. The molecule has 0 unspecified atom stereocenters. The predicted octanol–water partition coefficient (Wildman–Crippen LogP) is 3.79. The summed E-state index contributed by atoms with van der Waals surface area (Å²) in [6.07, 6.45) is 1.73. The Morgan fingerprint density at radius 1 is 1.19 bits per heavy atom. The summed E-state index contributed by atoms with van der Waals surface area (Å²) in [6.45, 7) is 4.29. The summed E-state index contributed by atoms with van der Waals surface area (Å²) in [4.78, 5) is 12.9. The molecule has 1 aliphatic carbocycles. The Morgan fingerprint density at radius 3 is 2.59 bits per heavy atom. The van der Waals surface area contributed by atoms with Crippen LogP contribution in [0.2, 0.25) is 5.02 Å². The average Bonchev–Trinajstić information content (AvgIpc) is 3.05. The number of nitrogens with zero attached hydrogens (tertiary/aromatic N) is 1. The molecule has 0 aromatic heterocycles. The quantitative estimate of drug-likeness (QED) is 0.793. The van der Waals surface area contributed by atoms with Crippen LogP contribution in [0.1, 0.15) is 47.8 Å². The molecule has 2 aromatic rings. The minimum atomic E-state index is -3.66. The number of fused-ring (bicyclic) bond motifs is 1. The number of carbonyl (C=O) groups is 1. The summed E-state index contributed by atoms with van der Waals surface area (Å²) in [5.41, 5.74) is 2.51. The van der Waals surface area contributed by atoms with Crippen molar-refractivity contribution >= 4 is 27.5 Å². The molecule has 0 saturated carbocycles. The molecular weight excluding hydrogens is 384 g/mol. The van der Waals surface area contributed by atoms with Crippen LogP contribution in [-0.2, 0) is 16.4 Å². The van der Waals surface area contributed by atoms with Crippen molar-refractivity contribution in [2.45, 2.75) is 37.6 Å². The summed E-state index contributed by atoms with van der Waals surface area (Å²) in [7, 11) is -3.66. The number of rotatable bonds is 6. The van der Waals surface area contributed by atoms with Crippen LogP contribution in [0.3, 0.4) is 0 Å². The maximum absolute atomic E-state index is 12.8. The van der Waals surface area contributed by atoms with E-state index in [4.69, 9.17) is 11.6 Å². The topological polar surface area (TPSA) is 66.5 Å². The molecular formula is C20H23ClN2O3S. The zero-order valence-corrected chi connectivity index (χ0v) is 17.0. The minimum Gasteiger partial charge on any atom is -0.345 e. The first-order chi connectivity index (χ1) is 12.9. The van der Waals surface area contributed by atoms with Crippen molar-refractivity contribution < 1.29 is 13.2 Å². The number of nitrogens with one attached hydrogen (secondary N) is 1. The van der Waals surface area contributed by atoms with E-state index in [0.717, 1.165) is 18.4 Å². The average molecular weight is 407 g/mol. The summed E-state index contributed by atoms with van der Waals surface area (Å²) in [6, 6.07) is 12.2. The van der Waals surface area contributed by atoms with Gasteiger partial charge in [-0.3, -0.25) is 4.79 Å². The molecule has 144 valence electrons. The zero-order valence-electron chi connectivity index (χ0n) is 15.4. The second-order valence-corrected chi connectivity index (χ2v) is 8.84. The molecule has 3 rings (SSSR count). The van der Waals surface area contributed by atoms with E-state index in [9.17, 15) is 13.2 Å². The lowest BCUT2D eigenvalue weighted by Crippen LogP contribution is -2.31. The highest BCUT2D eigenvalue weighted by Crippen LogP contribution is 2.31. The van der Waals surface area contributed by atoms with E-state index in [-0.39, 0.29) is 27.4 Å². The Balaban J connectivity index is 1.88. The van der Waals surface area contributed by atoms with Gasteiger partial charge >= 0.3 is 0 Å². The molecule has 0 saturated heterocycles. The van der Waals surface area contributed by atoms with E-state index in [2.05, 4.69) is 11.4 Å². The van der Waals surface area contributed by atoms with Gasteiger partial charge in [-0.1, -0.05) is 49.7 Å². The van der Waals surface area contributed by atoms with E-state index in [1.807, 2.05) is 18.2 Å². The van der Waals surface area contributed by atoms with E-state index in [1.54, 1.807) is 13.8 Å². The van der Waals surface area contributed by atoms with Crippen LogP contribution in [0.25, 0.3) is 0 Å². The lowest BCUT2D eigenvalue weighted by Gasteiger charge is -2.19. The number of amides is 1. The lowest BCUT2D eigenvalue weighted by molar-refractivity contribution is 0.0936. The van der Waals surface area contributed by atoms with Gasteiger partial charge in [-0.2, -0.15) is 4.31 Å². The van der Waals surface area contributed by atoms with Crippen LogP contribution in [0.15, 0.2) is 47.4 Å². The molecule has 0 radical (unpaired) electrons. The Kier molecular flexibility index (Phi) is 5.89. The molecule has 0 spiro atoms. The van der Waals surface area contributed by atoms with Gasteiger partial charge in [0.2, 0.25) is 10.0 Å². The molecule has 1 atom stereocenters. The van der Waals surface area contributed by atoms with E-state index >= 15 is 0 Å². The number of hydrogen-bond donors (Lipinski definition) is 1. The van der Waals surface area contributed by atoms with Crippen LogP contribution in [-0.4, -0.2) is 31.7 Å². The number of sulfonamides is 1. The first kappa shape index (κ1) is 19.9. The largest absolute Gasteiger partial charge is 0.345 e. The summed E-state index contributed by atoms with van der Waals surface area (Å²) >= 11 is 6.20. The number of carbonyl (C=O) groups excluding carboxylic acids is 1. The fourth-order valence-electron chi connectivity index (χ4n) is 3.49. The van der Waals surface area contributed by atoms with Crippen LogP contribution in [0.4, 0.5) is 0 Å². The summed E-state index contributed by atoms with van der Waals surface area (Å²) in [5, 5.41) is 3.23. The van der Waals surface area contributed by atoms with Gasteiger partial charge in [0, 0.05) is 13.1 Å². The van der Waals surface area contributed by atoms with Crippen molar-refractivity contribution in [1.82, 2.24) is 9.62 Å². The number of hydrogen-bond acceptors (Lipinski definition) is 3. The van der Waals surface area contributed by atoms with Gasteiger partial charge in [0.05, 0.1) is 21.5 Å². The Morgan fingerprint density at radius 2 is 1.89 bits per heavy atom. The highest BCUT2D eigenvalue weighted by Gasteiger charge is 2.27. The Bertz CT molecular complexity index is 955. The first-order valence-electron chi connectivity index (χ1n) is 9.06. The second kappa shape index (κ2) is 8.00. The maximum Gasteiger partial charge on any atom is 0.253 e. The summed E-state index contributed by atoms with van der Waals surface area (Å²) in [5.74, 6) is -0.363. The third-order valence-corrected chi connectivity index (χ3v) is 7.34. The molecule has 1 N–H and O–H groups in total. The molecule has 0 aliphatic heterocycles. The summed E-state index contributed by atoms with van der Waals surface area (Å²) < 4.78 is 26.8. The smallest absolute Gasteiger partial charge is 0.253 e. The van der Waals surface area contributed by atoms with Crippen molar-refractivity contribution in [3.63, 3.8) is 0 Å². The van der Waals surface area contributed by atoms with Gasteiger partial charge in [0.15, 0.2) is 0 Å². The normalized spacial score (nSPS) is 16.4. The SMILES string of the molecule is CCN(CC)S(=O)(=O)c1ccc(Cl)c(C(=O)N[C@H]2CCc3ccccc32)c1. The van der Waals surface area contributed by atoms with Crippen LogP contribution < -0.4 is 5.32 Å². The van der Waals surface area contributed by atoms with Crippen molar-refractivity contribution in [3.8, 4) is 0 Å². The molecule has 7 heteroatoms. The number of benzene rings is 2. The zero-order chi connectivity index (χ0) is 19.6. The highest BCUT2D eigenvalue weighted by atomic mass is 35.5. The van der Waals surface area contributed by atoms with Crippen LogP contribution in [0, 0.1) is 0 Å². The first-order valence-corrected chi connectivity index (χ1v) is 10.9. The molecule has 1 amide bonds. The van der Waals surface area contributed by atoms with E-state index in [0.29, 0.717) is 13.1 Å². The monoisotopic (exact) mass is 406 g/mol. The van der Waals surface area contributed by atoms with Crippen molar-refractivity contribution in [2.75, 3.05) is 13.1 Å². The van der Waals surface area contributed by atoms with Crippen LogP contribution in [0.5, 0.6) is 0 Å². The second-order valence-electron chi connectivity index (χ2n) is 6.49. The van der Waals surface area contributed by atoms with Crippen molar-refractivity contribution in [3.05, 3.63) is 64.2 Å². The van der Waals surface area contributed by atoms with Gasteiger partial charge in [-0.05, 0) is 42.2 Å². The van der Waals surface area contributed by atoms with Gasteiger partial charge in [-0.15, -0.1) is 0 Å². The maximum atomic E-state index is 12.8. The van der Waals surface area contributed by atoms with E-state index < -0.39 is 10.0 Å². The van der Waals surface area contributed by atoms with Gasteiger partial charge < -0.3 is 5.32 Å². The fraction of sp³-hybridized carbons (Fsp3) is 0.350. The van der Waals surface area contributed by atoms with Gasteiger partial charge in [-0.25, -0.2) is 8.42 Å². The predicted molar refractivity (Wildman–Crippen MR) is 107 cm³/mol. The molecule has 5 nitrogen and oxygen atoms in total. The van der Waals surface area contributed by atoms with Gasteiger partial charge in [0.1, 0.15) is 0 Å². The minimum absolute atomic E-state index is 0.0765. The molecule has 0 bridgehead atoms. The molecule has 0 heterocycles. The molecule has 0 fully saturated rings. The fourth-order valence-corrected chi connectivity index (χ4v) is 5.18. The molecule has 1 aliphatic rings. The molecule has 2 aromatic carbocycles. The number of halogens is 1. The van der Waals surface area contributed by atoms with Crippen LogP contribution >= 0.6 is 11.6 Å². The molecule has 27 heavy (non-hydrogen) atoms. The van der Waals surface area contributed by atoms with Gasteiger partial charge in [0.25, 0.3) is 5.91 Å². The highest BCUT2D eigenvalue weighted by molar-refractivity contribution is 7.89. The third-order valence-electron chi connectivity index (χ3n) is 4.96. The Labute approximate surface area is 165 Å². The van der Waals surface area contributed by atoms with Crippen molar-refractivity contribution in [2.24, 2.45) is 0 Å². The standard InChI is InChI=1S/C20H23ClN2O3S/c1-3-23(4-2)27(25,26)15-10-11-18(21)17(13-15)20(24)22-19-12-9-14-7-5-6-8-16(14)19/h5-8,10-11,13,19H,3-4,9,12H2,1-2H3,(H,22,24)/t19-/m0/s1. The van der Waals surface area contributed by atoms with E-state index in [1.165, 1.54) is 28.1 Å².